The molecule has 0 bridgehead atoms. The molecule has 4 rings (SSSR count). The molecule has 2 heterocycles. The largest absolute Gasteiger partial charge is 0.416 e. The van der Waals surface area contributed by atoms with Gasteiger partial charge in [-0.25, -0.2) is 13.2 Å². The van der Waals surface area contributed by atoms with Crippen molar-refractivity contribution in [2.45, 2.75) is 30.0 Å². The van der Waals surface area contributed by atoms with Crippen LogP contribution in [0, 0.1) is 0 Å². The van der Waals surface area contributed by atoms with Crippen LogP contribution in [-0.2, 0) is 16.2 Å². The molecule has 0 saturated carbocycles. The zero-order valence-corrected chi connectivity index (χ0v) is 16.2. The maximum absolute atomic E-state index is 13.5. The van der Waals surface area contributed by atoms with Crippen LogP contribution in [0.15, 0.2) is 56.9 Å². The molecular weight excluding hydrogens is 423 g/mol. The second-order valence-corrected chi connectivity index (χ2v) is 8.86. The smallest absolute Gasteiger partial charge is 0.307 e. The fourth-order valence-corrected chi connectivity index (χ4v) is 5.53. The SMILES string of the molecule is O=c1[nH]c(=O)c2cc(S(=O)(=O)N3CCCC3c3ccccc3C(F)(F)F)ccc2[nH]1. The summed E-state index contributed by atoms with van der Waals surface area (Å²) in [4.78, 5) is 27.6. The molecule has 3 aromatic rings. The summed E-state index contributed by atoms with van der Waals surface area (Å²) in [7, 11) is -4.20. The predicted octanol–water partition coefficient (Wildman–Crippen LogP) is 2.76. The lowest BCUT2D eigenvalue weighted by atomic mass is 9.99. The number of hydrogen-bond donors (Lipinski definition) is 2. The van der Waals surface area contributed by atoms with Gasteiger partial charge < -0.3 is 4.98 Å². The maximum atomic E-state index is 13.5. The molecule has 30 heavy (non-hydrogen) atoms. The molecule has 0 aliphatic carbocycles. The Balaban J connectivity index is 1.81. The normalized spacial score (nSPS) is 18.2. The number of alkyl halides is 3. The van der Waals surface area contributed by atoms with Crippen LogP contribution in [0.5, 0.6) is 0 Å². The summed E-state index contributed by atoms with van der Waals surface area (Å²) in [5.74, 6) is 0. The first-order valence-corrected chi connectivity index (χ1v) is 10.5. The quantitative estimate of drug-likeness (QED) is 0.655. The second kappa shape index (κ2) is 7.10. The molecule has 1 atom stereocenters. The van der Waals surface area contributed by atoms with Crippen LogP contribution in [0.1, 0.15) is 30.0 Å². The highest BCUT2D eigenvalue weighted by molar-refractivity contribution is 7.89. The van der Waals surface area contributed by atoms with Gasteiger partial charge >= 0.3 is 11.9 Å². The van der Waals surface area contributed by atoms with E-state index in [2.05, 4.69) is 4.98 Å². The van der Waals surface area contributed by atoms with E-state index in [0.717, 1.165) is 16.4 Å². The van der Waals surface area contributed by atoms with Gasteiger partial charge in [0.05, 0.1) is 27.4 Å². The van der Waals surface area contributed by atoms with Gasteiger partial charge in [0.15, 0.2) is 0 Å². The molecule has 2 aromatic carbocycles. The lowest BCUT2D eigenvalue weighted by Gasteiger charge is -2.26. The van der Waals surface area contributed by atoms with Crippen LogP contribution in [0.2, 0.25) is 0 Å². The van der Waals surface area contributed by atoms with Crippen molar-refractivity contribution in [2.75, 3.05) is 6.54 Å². The Hall–Kier alpha value is -2.92. The molecular formula is C19H16F3N3O4S. The zero-order valence-electron chi connectivity index (χ0n) is 15.4. The molecule has 0 radical (unpaired) electrons. The monoisotopic (exact) mass is 439 g/mol. The van der Waals surface area contributed by atoms with E-state index >= 15 is 0 Å². The number of sulfonamides is 1. The molecule has 1 aliphatic heterocycles. The summed E-state index contributed by atoms with van der Waals surface area (Å²) in [5, 5.41) is -0.0397. The van der Waals surface area contributed by atoms with Crippen molar-refractivity contribution in [1.82, 2.24) is 14.3 Å². The highest BCUT2D eigenvalue weighted by Gasteiger charge is 2.41. The van der Waals surface area contributed by atoms with Crippen molar-refractivity contribution in [3.05, 3.63) is 74.4 Å². The van der Waals surface area contributed by atoms with E-state index in [9.17, 15) is 31.2 Å². The molecule has 1 unspecified atom stereocenters. The molecule has 158 valence electrons. The number of aromatic nitrogens is 2. The van der Waals surface area contributed by atoms with Crippen LogP contribution >= 0.6 is 0 Å². The van der Waals surface area contributed by atoms with Gasteiger partial charge in [-0.2, -0.15) is 17.5 Å². The van der Waals surface area contributed by atoms with Gasteiger partial charge in [-0.3, -0.25) is 9.78 Å². The molecule has 11 heteroatoms. The fraction of sp³-hybridized carbons (Fsp3) is 0.263. The molecule has 1 aliphatic rings. The van der Waals surface area contributed by atoms with Crippen molar-refractivity contribution in [2.24, 2.45) is 0 Å². The number of hydrogen-bond acceptors (Lipinski definition) is 4. The minimum Gasteiger partial charge on any atom is -0.307 e. The van der Waals surface area contributed by atoms with Crippen molar-refractivity contribution in [3.8, 4) is 0 Å². The number of aromatic amines is 2. The number of rotatable bonds is 3. The van der Waals surface area contributed by atoms with E-state index in [1.165, 1.54) is 30.3 Å². The van der Waals surface area contributed by atoms with Crippen LogP contribution in [-0.4, -0.2) is 29.2 Å². The van der Waals surface area contributed by atoms with Gasteiger partial charge in [-0.1, -0.05) is 18.2 Å². The van der Waals surface area contributed by atoms with Gasteiger partial charge in [0.25, 0.3) is 5.56 Å². The summed E-state index contributed by atoms with van der Waals surface area (Å²) < 4.78 is 68.0. The number of nitrogens with one attached hydrogen (secondary N) is 2. The molecule has 1 saturated heterocycles. The summed E-state index contributed by atoms with van der Waals surface area (Å²) in [5.41, 5.74) is -2.31. The topological polar surface area (TPSA) is 103 Å². The van der Waals surface area contributed by atoms with Crippen molar-refractivity contribution < 1.29 is 21.6 Å². The van der Waals surface area contributed by atoms with E-state index < -0.39 is 39.1 Å². The third-order valence-electron chi connectivity index (χ3n) is 5.15. The van der Waals surface area contributed by atoms with Gasteiger partial charge in [-0.15, -0.1) is 0 Å². The molecule has 7 nitrogen and oxygen atoms in total. The number of halogens is 3. The summed E-state index contributed by atoms with van der Waals surface area (Å²) in [6.45, 7) is 0.0548. The van der Waals surface area contributed by atoms with Crippen molar-refractivity contribution in [3.63, 3.8) is 0 Å². The highest BCUT2D eigenvalue weighted by atomic mass is 32.2. The highest BCUT2D eigenvalue weighted by Crippen LogP contribution is 2.42. The minimum atomic E-state index is -4.61. The minimum absolute atomic E-state index is 0.0397. The zero-order chi connectivity index (χ0) is 21.7. The Bertz CT molecular complexity index is 1350. The molecule has 0 amide bonds. The third-order valence-corrected chi connectivity index (χ3v) is 7.05. The van der Waals surface area contributed by atoms with Gasteiger partial charge in [0, 0.05) is 6.54 Å². The van der Waals surface area contributed by atoms with Crippen LogP contribution in [0.3, 0.4) is 0 Å². The Morgan fingerprint density at radius 2 is 1.77 bits per heavy atom. The lowest BCUT2D eigenvalue weighted by Crippen LogP contribution is -2.32. The number of H-pyrrole nitrogens is 2. The number of fused-ring (bicyclic) bond motifs is 1. The standard InChI is InChI=1S/C19H16F3N3O4S/c20-19(21,22)14-5-2-1-4-12(14)16-6-3-9-25(16)30(28,29)11-7-8-15-13(10-11)17(26)24-18(27)23-15/h1-2,4-5,7-8,10,16H,3,6,9H2,(H2,23,24,26,27). The van der Waals surface area contributed by atoms with E-state index in [1.807, 2.05) is 4.98 Å². The molecule has 2 N–H and O–H groups in total. The van der Waals surface area contributed by atoms with E-state index in [4.69, 9.17) is 0 Å². The summed E-state index contributed by atoms with van der Waals surface area (Å²) in [6.07, 6.45) is -3.97. The fourth-order valence-electron chi connectivity index (χ4n) is 3.82. The lowest BCUT2D eigenvalue weighted by molar-refractivity contribution is -0.138. The first-order chi connectivity index (χ1) is 14.1. The number of benzene rings is 2. The second-order valence-electron chi connectivity index (χ2n) is 6.97. The average molecular weight is 439 g/mol. The van der Waals surface area contributed by atoms with Crippen LogP contribution < -0.4 is 11.2 Å². The van der Waals surface area contributed by atoms with Gasteiger partial charge in [0.1, 0.15) is 0 Å². The first kappa shape index (κ1) is 20.4. The third kappa shape index (κ3) is 3.43. The number of nitrogens with zero attached hydrogens (tertiary/aromatic N) is 1. The maximum Gasteiger partial charge on any atom is 0.416 e. The Morgan fingerprint density at radius 3 is 2.50 bits per heavy atom. The summed E-state index contributed by atoms with van der Waals surface area (Å²) in [6, 6.07) is 7.57. The molecule has 1 fully saturated rings. The predicted molar refractivity (Wildman–Crippen MR) is 103 cm³/mol. The van der Waals surface area contributed by atoms with Gasteiger partial charge in [-0.05, 0) is 42.7 Å². The van der Waals surface area contributed by atoms with Crippen molar-refractivity contribution >= 4 is 20.9 Å². The van der Waals surface area contributed by atoms with Crippen LogP contribution in [0.25, 0.3) is 10.9 Å². The average Bonchev–Trinajstić information content (AvgIpc) is 3.17. The Kier molecular flexibility index (Phi) is 4.82. The van der Waals surface area contributed by atoms with Gasteiger partial charge in [0.2, 0.25) is 10.0 Å². The van der Waals surface area contributed by atoms with E-state index in [-0.39, 0.29) is 34.3 Å². The Labute approximate surface area is 168 Å². The van der Waals surface area contributed by atoms with E-state index in [0.29, 0.717) is 6.42 Å². The molecule has 0 spiro atoms. The Morgan fingerprint density at radius 1 is 1.03 bits per heavy atom. The van der Waals surface area contributed by atoms with E-state index in [1.54, 1.807) is 0 Å². The van der Waals surface area contributed by atoms with Crippen LogP contribution in [0.4, 0.5) is 13.2 Å². The first-order valence-electron chi connectivity index (χ1n) is 9.03. The molecule has 1 aromatic heterocycles. The van der Waals surface area contributed by atoms with Crippen molar-refractivity contribution in [1.29, 1.82) is 0 Å². The summed E-state index contributed by atoms with van der Waals surface area (Å²) >= 11 is 0.